The zero-order valence-corrected chi connectivity index (χ0v) is 9.50. The first-order valence-electron chi connectivity index (χ1n) is 5.16. The van der Waals surface area contributed by atoms with Crippen LogP contribution in [0.3, 0.4) is 0 Å². The zero-order valence-electron chi connectivity index (χ0n) is 9.50. The Bertz CT molecular complexity index is 567. The molecule has 1 atom stereocenters. The average Bonchev–Trinajstić information content (AvgIpc) is 2.56. The van der Waals surface area contributed by atoms with Gasteiger partial charge in [-0.1, -0.05) is 0 Å². The third kappa shape index (κ3) is 2.29. The van der Waals surface area contributed by atoms with Crippen LogP contribution in [0, 0.1) is 17.6 Å². The summed E-state index contributed by atoms with van der Waals surface area (Å²) in [6.07, 6.45) is -4.78. The summed E-state index contributed by atoms with van der Waals surface area (Å²) >= 11 is 0. The molecule has 1 unspecified atom stereocenters. The van der Waals surface area contributed by atoms with Gasteiger partial charge in [0, 0.05) is 6.07 Å². The summed E-state index contributed by atoms with van der Waals surface area (Å²) in [5.74, 6) is -4.60. The van der Waals surface area contributed by atoms with Crippen molar-refractivity contribution in [3.63, 3.8) is 0 Å². The smallest absolute Gasteiger partial charge is 0.272 e. The van der Waals surface area contributed by atoms with E-state index in [9.17, 15) is 26.7 Å². The number of carbonyl (C=O) groups excluding carboxylic acids is 1. The van der Waals surface area contributed by atoms with E-state index in [-0.39, 0.29) is 0 Å². The molecule has 0 aliphatic carbocycles. The fraction of sp³-hybridized carbons (Fsp3) is 0.273. The molecule has 0 saturated carbocycles. The molecule has 0 fully saturated rings. The van der Waals surface area contributed by atoms with Crippen molar-refractivity contribution in [1.29, 1.82) is 0 Å². The molecule has 1 aliphatic rings. The minimum absolute atomic E-state index is 0.308. The van der Waals surface area contributed by atoms with E-state index >= 15 is 0 Å². The van der Waals surface area contributed by atoms with Gasteiger partial charge < -0.3 is 0 Å². The molecule has 1 aliphatic heterocycles. The lowest BCUT2D eigenvalue weighted by Crippen LogP contribution is -2.31. The Hall–Kier alpha value is -1.99. The van der Waals surface area contributed by atoms with E-state index in [4.69, 9.17) is 0 Å². The molecule has 1 aromatic carbocycles. The molecule has 102 valence electrons. The normalized spacial score (nSPS) is 19.9. The minimum atomic E-state index is -4.78. The Kier molecular flexibility index (Phi) is 3.03. The molecule has 0 saturated heterocycles. The van der Waals surface area contributed by atoms with Crippen molar-refractivity contribution in [2.45, 2.75) is 13.1 Å². The molecular formula is C11H7F5N2O. The molecule has 2 rings (SSSR count). The highest BCUT2D eigenvalue weighted by atomic mass is 19.4. The molecule has 0 aromatic heterocycles. The van der Waals surface area contributed by atoms with Crippen molar-refractivity contribution in [2.24, 2.45) is 11.0 Å². The number of nitrogens with zero attached hydrogens (tertiary/aromatic N) is 2. The number of alkyl halides is 3. The highest BCUT2D eigenvalue weighted by Gasteiger charge is 2.48. The Morgan fingerprint density at radius 1 is 1.26 bits per heavy atom. The molecule has 1 amide bonds. The van der Waals surface area contributed by atoms with Gasteiger partial charge in [-0.05, 0) is 19.1 Å². The lowest BCUT2D eigenvalue weighted by atomic mass is 10.1. The summed E-state index contributed by atoms with van der Waals surface area (Å²) in [6, 6.07) is 2.16. The van der Waals surface area contributed by atoms with Crippen LogP contribution in [0.15, 0.2) is 23.3 Å². The maximum Gasteiger partial charge on any atom is 0.432 e. The Morgan fingerprint density at radius 3 is 2.37 bits per heavy atom. The van der Waals surface area contributed by atoms with Gasteiger partial charge in [0.1, 0.15) is 11.5 Å². The summed E-state index contributed by atoms with van der Waals surface area (Å²) < 4.78 is 63.9. The van der Waals surface area contributed by atoms with Crippen LogP contribution in [0.1, 0.15) is 6.92 Å². The van der Waals surface area contributed by atoms with E-state index in [1.54, 1.807) is 0 Å². The summed E-state index contributed by atoms with van der Waals surface area (Å²) in [6.45, 7) is 1.02. The fourth-order valence-electron chi connectivity index (χ4n) is 1.67. The Labute approximate surface area is 104 Å². The third-order valence-electron chi connectivity index (χ3n) is 2.63. The second-order valence-electron chi connectivity index (χ2n) is 3.95. The molecule has 0 spiro atoms. The molecule has 1 heterocycles. The SMILES string of the molecule is CC1C(=O)N(c2ccc(F)cc2F)N=C1C(F)(F)F. The molecule has 3 nitrogen and oxygen atoms in total. The Balaban J connectivity index is 2.46. The number of benzene rings is 1. The summed E-state index contributed by atoms with van der Waals surface area (Å²) in [7, 11) is 0. The zero-order chi connectivity index (χ0) is 14.4. The van der Waals surface area contributed by atoms with Crippen molar-refractivity contribution in [2.75, 3.05) is 5.01 Å². The number of halogens is 5. The summed E-state index contributed by atoms with van der Waals surface area (Å²) in [4.78, 5) is 11.7. The predicted octanol–water partition coefficient (Wildman–Crippen LogP) is 2.87. The number of hydrogen-bond acceptors (Lipinski definition) is 2. The van der Waals surface area contributed by atoms with Gasteiger partial charge in [0.2, 0.25) is 0 Å². The number of rotatable bonds is 1. The van der Waals surface area contributed by atoms with Crippen molar-refractivity contribution in [1.82, 2.24) is 0 Å². The van der Waals surface area contributed by atoms with Crippen LogP contribution in [-0.4, -0.2) is 17.8 Å². The van der Waals surface area contributed by atoms with Crippen molar-refractivity contribution < 1.29 is 26.7 Å². The average molecular weight is 278 g/mol. The maximum absolute atomic E-state index is 13.4. The van der Waals surface area contributed by atoms with E-state index in [0.29, 0.717) is 11.1 Å². The predicted molar refractivity (Wildman–Crippen MR) is 56.5 cm³/mol. The summed E-state index contributed by atoms with van der Waals surface area (Å²) in [5.41, 5.74) is -1.82. The molecular weight excluding hydrogens is 271 g/mol. The first kappa shape index (κ1) is 13.4. The molecule has 8 heteroatoms. The van der Waals surface area contributed by atoms with Gasteiger partial charge in [0.25, 0.3) is 5.91 Å². The van der Waals surface area contributed by atoms with Crippen LogP contribution in [0.2, 0.25) is 0 Å². The molecule has 0 bridgehead atoms. The third-order valence-corrected chi connectivity index (χ3v) is 2.63. The highest BCUT2D eigenvalue weighted by molar-refractivity contribution is 6.17. The van der Waals surface area contributed by atoms with Gasteiger partial charge >= 0.3 is 6.18 Å². The largest absolute Gasteiger partial charge is 0.432 e. The van der Waals surface area contributed by atoms with E-state index in [0.717, 1.165) is 19.1 Å². The van der Waals surface area contributed by atoms with Gasteiger partial charge in [-0.25, -0.2) is 8.78 Å². The molecule has 0 radical (unpaired) electrons. The van der Waals surface area contributed by atoms with Gasteiger partial charge in [-0.3, -0.25) is 4.79 Å². The van der Waals surface area contributed by atoms with E-state index in [1.807, 2.05) is 0 Å². The molecule has 1 aromatic rings. The van der Waals surface area contributed by atoms with Gasteiger partial charge in [0.05, 0.1) is 5.92 Å². The highest BCUT2D eigenvalue weighted by Crippen LogP contribution is 2.32. The first-order valence-corrected chi connectivity index (χ1v) is 5.16. The fourth-order valence-corrected chi connectivity index (χ4v) is 1.67. The number of anilines is 1. The van der Waals surface area contributed by atoms with Crippen LogP contribution in [0.4, 0.5) is 27.6 Å². The van der Waals surface area contributed by atoms with Crippen molar-refractivity contribution >= 4 is 17.3 Å². The van der Waals surface area contributed by atoms with Crippen LogP contribution in [0.25, 0.3) is 0 Å². The van der Waals surface area contributed by atoms with E-state index < -0.39 is 41.0 Å². The first-order chi connectivity index (χ1) is 8.71. The lowest BCUT2D eigenvalue weighted by molar-refractivity contribution is -0.120. The van der Waals surface area contributed by atoms with Crippen molar-refractivity contribution in [3.8, 4) is 0 Å². The topological polar surface area (TPSA) is 32.7 Å². The summed E-state index contributed by atoms with van der Waals surface area (Å²) in [5, 5.41) is 3.40. The van der Waals surface area contributed by atoms with Crippen LogP contribution in [-0.2, 0) is 4.79 Å². The number of carbonyl (C=O) groups is 1. The standard InChI is InChI=1S/C11H7F5N2O/c1-5-9(11(14,15)16)17-18(10(5)19)8-3-2-6(12)4-7(8)13/h2-5H,1H3. The number of hydrogen-bond donors (Lipinski definition) is 0. The lowest BCUT2D eigenvalue weighted by Gasteiger charge is -2.13. The van der Waals surface area contributed by atoms with Crippen molar-refractivity contribution in [3.05, 3.63) is 29.8 Å². The Morgan fingerprint density at radius 2 is 1.89 bits per heavy atom. The quantitative estimate of drug-likeness (QED) is 0.727. The van der Waals surface area contributed by atoms with Crippen LogP contribution in [0.5, 0.6) is 0 Å². The van der Waals surface area contributed by atoms with Crippen LogP contribution < -0.4 is 5.01 Å². The molecule has 19 heavy (non-hydrogen) atoms. The monoisotopic (exact) mass is 278 g/mol. The van der Waals surface area contributed by atoms with E-state index in [1.165, 1.54) is 0 Å². The number of amides is 1. The minimum Gasteiger partial charge on any atom is -0.272 e. The maximum atomic E-state index is 13.4. The van der Waals surface area contributed by atoms with Crippen LogP contribution >= 0.6 is 0 Å². The van der Waals surface area contributed by atoms with Gasteiger partial charge in [-0.15, -0.1) is 0 Å². The second-order valence-corrected chi connectivity index (χ2v) is 3.95. The second kappa shape index (κ2) is 4.29. The van der Waals surface area contributed by atoms with Gasteiger partial charge in [0.15, 0.2) is 11.5 Å². The van der Waals surface area contributed by atoms with Gasteiger partial charge in [-0.2, -0.15) is 23.3 Å². The molecule has 0 N–H and O–H groups in total. The number of hydrazone groups is 1. The van der Waals surface area contributed by atoms with E-state index in [2.05, 4.69) is 5.10 Å².